The number of rotatable bonds is 9. The molecule has 32 heavy (non-hydrogen) atoms. The lowest BCUT2D eigenvalue weighted by Crippen LogP contribution is -2.43. The van der Waals surface area contributed by atoms with E-state index in [9.17, 15) is 14.7 Å². The van der Waals surface area contributed by atoms with Crippen molar-refractivity contribution in [3.63, 3.8) is 0 Å². The van der Waals surface area contributed by atoms with E-state index in [0.717, 1.165) is 18.4 Å². The summed E-state index contributed by atoms with van der Waals surface area (Å²) >= 11 is 0. The van der Waals surface area contributed by atoms with Gasteiger partial charge in [0.2, 0.25) is 0 Å². The second kappa shape index (κ2) is 9.37. The van der Waals surface area contributed by atoms with Crippen LogP contribution in [-0.4, -0.2) is 29.9 Å². The number of Topliss-reactive ketones (excluding diaryl/α,β-unsaturated/α-hetero) is 1. The third-order valence-corrected chi connectivity index (χ3v) is 5.80. The smallest absolute Gasteiger partial charge is 0.264 e. The van der Waals surface area contributed by atoms with Crippen LogP contribution in [0.2, 0.25) is 0 Å². The van der Waals surface area contributed by atoms with E-state index in [1.54, 1.807) is 30.3 Å². The third kappa shape index (κ3) is 4.30. The molecule has 1 heterocycles. The molecule has 1 amide bonds. The van der Waals surface area contributed by atoms with Gasteiger partial charge in [-0.05, 0) is 30.2 Å². The Morgan fingerprint density at radius 2 is 1.66 bits per heavy atom. The van der Waals surface area contributed by atoms with Crippen LogP contribution in [-0.2, 0) is 16.8 Å². The van der Waals surface area contributed by atoms with E-state index in [-0.39, 0.29) is 25.4 Å². The molecule has 0 spiro atoms. The fourth-order valence-corrected chi connectivity index (χ4v) is 4.15. The summed E-state index contributed by atoms with van der Waals surface area (Å²) in [4.78, 5) is 27.8. The number of carbonyl (C=O) groups is 2. The molecule has 4 rings (SSSR count). The third-order valence-electron chi connectivity index (χ3n) is 5.80. The molecule has 5 heteroatoms. The minimum Gasteiger partial charge on any atom is -0.492 e. The first-order valence-corrected chi connectivity index (χ1v) is 11.0. The number of amides is 1. The number of ether oxygens (including phenoxy) is 1. The van der Waals surface area contributed by atoms with Crippen LogP contribution in [0, 0.1) is 0 Å². The number of nitrogens with zero attached hydrogens (tertiary/aromatic N) is 1. The van der Waals surface area contributed by atoms with E-state index in [4.69, 9.17) is 4.74 Å². The molecule has 1 aliphatic heterocycles. The lowest BCUT2D eigenvalue weighted by molar-refractivity contribution is -0.135. The van der Waals surface area contributed by atoms with Gasteiger partial charge >= 0.3 is 0 Å². The lowest BCUT2D eigenvalue weighted by atomic mass is 9.88. The number of aryl methyl sites for hydroxylation is 1. The molecule has 3 aromatic rings. The van der Waals surface area contributed by atoms with Crippen molar-refractivity contribution in [2.24, 2.45) is 0 Å². The van der Waals surface area contributed by atoms with Crippen molar-refractivity contribution in [1.82, 2.24) is 0 Å². The van der Waals surface area contributed by atoms with Gasteiger partial charge in [-0.15, -0.1) is 0 Å². The average Bonchev–Trinajstić information content (AvgIpc) is 3.02. The first kappa shape index (κ1) is 21.8. The topological polar surface area (TPSA) is 66.8 Å². The number of anilines is 1. The zero-order chi connectivity index (χ0) is 22.6. The lowest BCUT2D eigenvalue weighted by Gasteiger charge is -2.23. The molecule has 1 unspecified atom stereocenters. The van der Waals surface area contributed by atoms with Crippen LogP contribution in [0.15, 0.2) is 78.9 Å². The number of fused-ring (bicyclic) bond motifs is 1. The zero-order valence-electron chi connectivity index (χ0n) is 18.2. The van der Waals surface area contributed by atoms with Gasteiger partial charge in [0.25, 0.3) is 5.91 Å². The Bertz CT molecular complexity index is 1090. The molecule has 0 aromatic heterocycles. The molecule has 1 aliphatic rings. The van der Waals surface area contributed by atoms with Crippen LogP contribution in [0.3, 0.4) is 0 Å². The zero-order valence-corrected chi connectivity index (χ0v) is 18.2. The van der Waals surface area contributed by atoms with Crippen LogP contribution in [0.5, 0.6) is 5.75 Å². The minimum absolute atomic E-state index is 0.263. The molecule has 0 saturated carbocycles. The van der Waals surface area contributed by atoms with Crippen LogP contribution in [0.25, 0.3) is 0 Å². The highest BCUT2D eigenvalue weighted by atomic mass is 16.5. The van der Waals surface area contributed by atoms with Crippen LogP contribution in [0.4, 0.5) is 5.69 Å². The molecule has 3 aromatic carbocycles. The van der Waals surface area contributed by atoms with E-state index in [2.05, 4.69) is 6.92 Å². The van der Waals surface area contributed by atoms with Crippen LogP contribution >= 0.6 is 0 Å². The van der Waals surface area contributed by atoms with Gasteiger partial charge < -0.3 is 14.7 Å². The Hall–Kier alpha value is -3.44. The number of benzene rings is 3. The quantitative estimate of drug-likeness (QED) is 0.508. The summed E-state index contributed by atoms with van der Waals surface area (Å²) in [6.45, 7) is 2.65. The van der Waals surface area contributed by atoms with E-state index < -0.39 is 11.5 Å². The first-order valence-electron chi connectivity index (χ1n) is 11.0. The molecule has 1 atom stereocenters. The van der Waals surface area contributed by atoms with E-state index in [0.29, 0.717) is 22.6 Å². The number of ketones is 1. The van der Waals surface area contributed by atoms with Gasteiger partial charge in [0, 0.05) is 11.1 Å². The second-order valence-corrected chi connectivity index (χ2v) is 8.04. The number of para-hydroxylation sites is 2. The van der Waals surface area contributed by atoms with Crippen molar-refractivity contribution in [1.29, 1.82) is 0 Å². The standard InChI is InChI=1S/C27H27NO4/c1-2-8-20-13-15-21(16-14-20)25(29)19-27(31)23-11-6-7-12-24(23)28(26(27)30)17-18-32-22-9-4-3-5-10-22/h3-7,9-16,31H,2,8,17-19H2,1H3. The van der Waals surface area contributed by atoms with Crippen LogP contribution in [0.1, 0.15) is 41.3 Å². The van der Waals surface area contributed by atoms with Gasteiger partial charge in [-0.3, -0.25) is 9.59 Å². The normalized spacial score (nSPS) is 17.3. The van der Waals surface area contributed by atoms with E-state index >= 15 is 0 Å². The van der Waals surface area contributed by atoms with Gasteiger partial charge in [-0.25, -0.2) is 0 Å². The van der Waals surface area contributed by atoms with Gasteiger partial charge in [-0.1, -0.05) is 74.0 Å². The molecule has 0 radical (unpaired) electrons. The van der Waals surface area contributed by atoms with Crippen molar-refractivity contribution in [3.05, 3.63) is 95.6 Å². The molecular formula is C27H27NO4. The Balaban J connectivity index is 1.51. The van der Waals surface area contributed by atoms with Crippen molar-refractivity contribution in [2.45, 2.75) is 31.8 Å². The number of hydrogen-bond donors (Lipinski definition) is 1. The van der Waals surface area contributed by atoms with Gasteiger partial charge in [-0.2, -0.15) is 0 Å². The van der Waals surface area contributed by atoms with Crippen molar-refractivity contribution in [2.75, 3.05) is 18.1 Å². The predicted molar refractivity (Wildman–Crippen MR) is 124 cm³/mol. The maximum Gasteiger partial charge on any atom is 0.264 e. The highest BCUT2D eigenvalue weighted by Gasteiger charge is 2.50. The molecule has 5 nitrogen and oxygen atoms in total. The fourth-order valence-electron chi connectivity index (χ4n) is 4.15. The summed E-state index contributed by atoms with van der Waals surface area (Å²) in [5.74, 6) is -0.0446. The Morgan fingerprint density at radius 3 is 2.38 bits per heavy atom. The maximum absolute atomic E-state index is 13.3. The number of carbonyl (C=O) groups excluding carboxylic acids is 2. The molecule has 1 N–H and O–H groups in total. The summed E-state index contributed by atoms with van der Waals surface area (Å²) in [5, 5.41) is 11.4. The second-order valence-electron chi connectivity index (χ2n) is 8.04. The van der Waals surface area contributed by atoms with Crippen molar-refractivity contribution in [3.8, 4) is 5.75 Å². The summed E-state index contributed by atoms with van der Waals surface area (Å²) in [6.07, 6.45) is 1.68. The summed E-state index contributed by atoms with van der Waals surface area (Å²) < 4.78 is 5.74. The Kier molecular flexibility index (Phi) is 6.37. The van der Waals surface area contributed by atoms with Gasteiger partial charge in [0.15, 0.2) is 11.4 Å². The van der Waals surface area contributed by atoms with E-state index in [1.165, 1.54) is 4.90 Å². The SMILES string of the molecule is CCCc1ccc(C(=O)CC2(O)C(=O)N(CCOc3ccccc3)c3ccccc32)cc1. The summed E-state index contributed by atoms with van der Waals surface area (Å²) in [5.41, 5.74) is 0.843. The van der Waals surface area contributed by atoms with Gasteiger partial charge in [0.1, 0.15) is 12.4 Å². The monoisotopic (exact) mass is 429 g/mol. The number of aliphatic hydroxyl groups is 1. The first-order chi connectivity index (χ1) is 15.5. The highest BCUT2D eigenvalue weighted by molar-refractivity contribution is 6.10. The summed E-state index contributed by atoms with van der Waals surface area (Å²) in [7, 11) is 0. The van der Waals surface area contributed by atoms with E-state index in [1.807, 2.05) is 48.5 Å². The minimum atomic E-state index is -1.89. The van der Waals surface area contributed by atoms with Crippen molar-refractivity contribution >= 4 is 17.4 Å². The average molecular weight is 430 g/mol. The van der Waals surface area contributed by atoms with Crippen LogP contribution < -0.4 is 9.64 Å². The molecule has 0 fully saturated rings. The Morgan fingerprint density at radius 1 is 0.969 bits per heavy atom. The molecule has 164 valence electrons. The molecular weight excluding hydrogens is 402 g/mol. The molecule has 0 saturated heterocycles. The van der Waals surface area contributed by atoms with Gasteiger partial charge in [0.05, 0.1) is 18.7 Å². The maximum atomic E-state index is 13.3. The van der Waals surface area contributed by atoms with Crippen molar-refractivity contribution < 1.29 is 19.4 Å². The fraction of sp³-hybridized carbons (Fsp3) is 0.259. The number of hydrogen-bond acceptors (Lipinski definition) is 4. The molecule has 0 bridgehead atoms. The predicted octanol–water partition coefficient (Wildman–Crippen LogP) is 4.53. The Labute approximate surface area is 188 Å². The summed E-state index contributed by atoms with van der Waals surface area (Å²) in [6, 6.07) is 23.8. The highest BCUT2D eigenvalue weighted by Crippen LogP contribution is 2.42. The molecule has 0 aliphatic carbocycles. The largest absolute Gasteiger partial charge is 0.492 e.